The summed E-state index contributed by atoms with van der Waals surface area (Å²) < 4.78 is 5.48. The molecule has 0 bridgehead atoms. The molecule has 1 unspecified atom stereocenters. The first kappa shape index (κ1) is 17.3. The molecule has 0 aromatic carbocycles. The predicted molar refractivity (Wildman–Crippen MR) is 66.3 cm³/mol. The summed E-state index contributed by atoms with van der Waals surface area (Å²) in [5, 5.41) is 8.69. The quantitative estimate of drug-likeness (QED) is 0.789. The van der Waals surface area contributed by atoms with E-state index >= 15 is 0 Å². The zero-order chi connectivity index (χ0) is 12.1. The minimum atomic E-state index is 0.260. The molecule has 3 heteroatoms. The molecule has 1 N–H and O–H groups in total. The number of rotatable bonds is 3. The number of ether oxygens (including phenoxy) is 1. The molecular weight excluding hydrogens is 190 g/mol. The highest BCUT2D eigenvalue weighted by atomic mass is 16.5. The van der Waals surface area contributed by atoms with E-state index in [9.17, 15) is 0 Å². The molecule has 1 rings (SSSR count). The van der Waals surface area contributed by atoms with E-state index in [1.165, 1.54) is 0 Å². The maximum absolute atomic E-state index is 8.69. The Balaban J connectivity index is 0. The van der Waals surface area contributed by atoms with Crippen LogP contribution in [0.5, 0.6) is 0 Å². The summed E-state index contributed by atoms with van der Waals surface area (Å²) in [7, 11) is 0. The monoisotopic (exact) mass is 219 g/mol. The molecule has 94 valence electrons. The Labute approximate surface area is 95.4 Å². The Morgan fingerprint density at radius 1 is 1.27 bits per heavy atom. The van der Waals surface area contributed by atoms with Gasteiger partial charge in [-0.3, -0.25) is 4.90 Å². The Bertz CT molecular complexity index is 108. The van der Waals surface area contributed by atoms with E-state index in [1.807, 2.05) is 27.7 Å². The lowest BCUT2D eigenvalue weighted by Gasteiger charge is -2.31. The average molecular weight is 219 g/mol. The van der Waals surface area contributed by atoms with Gasteiger partial charge in [0.1, 0.15) is 0 Å². The Kier molecular flexibility index (Phi) is 16.0. The van der Waals surface area contributed by atoms with Crippen molar-refractivity contribution in [3.8, 4) is 0 Å². The maximum atomic E-state index is 8.69. The summed E-state index contributed by atoms with van der Waals surface area (Å²) in [6.07, 6.45) is 1.46. The van der Waals surface area contributed by atoms with Crippen LogP contribution in [-0.4, -0.2) is 49.0 Å². The van der Waals surface area contributed by atoms with Crippen molar-refractivity contribution >= 4 is 0 Å². The van der Waals surface area contributed by atoms with Crippen molar-refractivity contribution in [2.45, 2.75) is 47.1 Å². The summed E-state index contributed by atoms with van der Waals surface area (Å²) in [5.74, 6) is 0. The van der Waals surface area contributed by atoms with Gasteiger partial charge >= 0.3 is 0 Å². The van der Waals surface area contributed by atoms with Crippen LogP contribution < -0.4 is 0 Å². The Morgan fingerprint density at radius 3 is 2.33 bits per heavy atom. The normalized spacial score (nSPS) is 20.8. The second kappa shape index (κ2) is 13.9. The van der Waals surface area contributed by atoms with Crippen molar-refractivity contribution in [2.24, 2.45) is 0 Å². The molecule has 0 aromatic heterocycles. The molecule has 0 aromatic rings. The van der Waals surface area contributed by atoms with Crippen molar-refractivity contribution < 1.29 is 9.84 Å². The van der Waals surface area contributed by atoms with Gasteiger partial charge in [0.25, 0.3) is 0 Å². The van der Waals surface area contributed by atoms with Gasteiger partial charge in [0.2, 0.25) is 0 Å². The topological polar surface area (TPSA) is 32.7 Å². The van der Waals surface area contributed by atoms with Gasteiger partial charge in [0.05, 0.1) is 19.3 Å². The second-order valence-electron chi connectivity index (χ2n) is 2.93. The number of aliphatic hydroxyl groups excluding tert-OH is 1. The third-order valence-corrected chi connectivity index (χ3v) is 2.09. The van der Waals surface area contributed by atoms with Crippen LogP contribution in [0.4, 0.5) is 0 Å². The first-order valence-corrected chi connectivity index (χ1v) is 6.31. The Morgan fingerprint density at radius 2 is 1.87 bits per heavy atom. The molecule has 1 aliphatic rings. The summed E-state index contributed by atoms with van der Waals surface area (Å²) in [6.45, 7) is 14.0. The molecule has 1 aliphatic heterocycles. The van der Waals surface area contributed by atoms with Crippen LogP contribution in [0.25, 0.3) is 0 Å². The van der Waals surface area contributed by atoms with E-state index in [4.69, 9.17) is 9.84 Å². The molecule has 1 atom stereocenters. The first-order valence-electron chi connectivity index (χ1n) is 6.31. The molecule has 3 nitrogen and oxygen atoms in total. The van der Waals surface area contributed by atoms with Crippen LogP contribution in [0.15, 0.2) is 0 Å². The number of hydrogen-bond acceptors (Lipinski definition) is 3. The van der Waals surface area contributed by atoms with Gasteiger partial charge in [0.15, 0.2) is 0 Å². The number of β-amino-alcohol motifs (C(OH)–C–C–N with tert-alkyl or cyclic N) is 1. The summed E-state index contributed by atoms with van der Waals surface area (Å²) in [5.41, 5.74) is 0. The number of morpholine rings is 1. The lowest BCUT2D eigenvalue weighted by Crippen LogP contribution is -2.43. The molecule has 1 fully saturated rings. The zero-order valence-electron chi connectivity index (χ0n) is 11.1. The summed E-state index contributed by atoms with van der Waals surface area (Å²) in [6, 6.07) is 0. The molecule has 15 heavy (non-hydrogen) atoms. The minimum Gasteiger partial charge on any atom is -0.395 e. The summed E-state index contributed by atoms with van der Waals surface area (Å²) >= 11 is 0. The number of hydrogen-bond donors (Lipinski definition) is 1. The first-order chi connectivity index (χ1) is 7.36. The highest BCUT2D eigenvalue weighted by Crippen LogP contribution is 2.06. The van der Waals surface area contributed by atoms with Gasteiger partial charge in [0, 0.05) is 19.6 Å². The van der Waals surface area contributed by atoms with Crippen LogP contribution in [0.3, 0.4) is 0 Å². The maximum Gasteiger partial charge on any atom is 0.0700 e. The van der Waals surface area contributed by atoms with E-state index in [2.05, 4.69) is 11.8 Å². The SMILES string of the molecule is CC.CC.CCC1CN(CCO)CCO1. The lowest BCUT2D eigenvalue weighted by molar-refractivity contribution is -0.0333. The van der Waals surface area contributed by atoms with Gasteiger partial charge in [-0.1, -0.05) is 34.6 Å². The van der Waals surface area contributed by atoms with Crippen molar-refractivity contribution in [1.29, 1.82) is 0 Å². The smallest absolute Gasteiger partial charge is 0.0700 e. The van der Waals surface area contributed by atoms with Crippen LogP contribution in [0.2, 0.25) is 0 Å². The molecule has 1 heterocycles. The average Bonchev–Trinajstić information content (AvgIpc) is 2.35. The highest BCUT2D eigenvalue weighted by Gasteiger charge is 2.17. The third-order valence-electron chi connectivity index (χ3n) is 2.09. The van der Waals surface area contributed by atoms with Crippen LogP contribution in [0.1, 0.15) is 41.0 Å². The molecule has 1 saturated heterocycles. The van der Waals surface area contributed by atoms with E-state index in [0.29, 0.717) is 6.10 Å². The molecule has 0 aliphatic carbocycles. The number of aliphatic hydroxyl groups is 1. The Hall–Kier alpha value is -0.120. The highest BCUT2D eigenvalue weighted by molar-refractivity contribution is 4.69. The van der Waals surface area contributed by atoms with E-state index in [1.54, 1.807) is 0 Å². The van der Waals surface area contributed by atoms with E-state index in [-0.39, 0.29) is 6.61 Å². The van der Waals surface area contributed by atoms with Gasteiger partial charge in [-0.2, -0.15) is 0 Å². The fourth-order valence-electron chi connectivity index (χ4n) is 1.37. The summed E-state index contributed by atoms with van der Waals surface area (Å²) in [4.78, 5) is 2.25. The number of nitrogens with zero attached hydrogens (tertiary/aromatic N) is 1. The fourth-order valence-corrected chi connectivity index (χ4v) is 1.37. The van der Waals surface area contributed by atoms with Gasteiger partial charge in [-0.25, -0.2) is 0 Å². The van der Waals surface area contributed by atoms with Crippen molar-refractivity contribution in [3.05, 3.63) is 0 Å². The van der Waals surface area contributed by atoms with Crippen LogP contribution >= 0.6 is 0 Å². The van der Waals surface area contributed by atoms with Crippen molar-refractivity contribution in [2.75, 3.05) is 32.8 Å². The standard InChI is InChI=1S/C8H17NO2.2C2H6/c1-2-8-7-9(3-5-10)4-6-11-8;2*1-2/h8,10H,2-7H2,1H3;2*1-2H3. The van der Waals surface area contributed by atoms with Crippen LogP contribution in [0, 0.1) is 0 Å². The van der Waals surface area contributed by atoms with Crippen LogP contribution in [-0.2, 0) is 4.74 Å². The van der Waals surface area contributed by atoms with Gasteiger partial charge < -0.3 is 9.84 Å². The molecular formula is C12H29NO2. The molecule has 0 spiro atoms. The minimum absolute atomic E-state index is 0.260. The van der Waals surface area contributed by atoms with Crippen molar-refractivity contribution in [1.82, 2.24) is 4.90 Å². The third kappa shape index (κ3) is 8.85. The van der Waals surface area contributed by atoms with E-state index < -0.39 is 0 Å². The largest absolute Gasteiger partial charge is 0.395 e. The molecule has 0 amide bonds. The van der Waals surface area contributed by atoms with Crippen molar-refractivity contribution in [3.63, 3.8) is 0 Å². The molecule has 0 saturated carbocycles. The zero-order valence-corrected chi connectivity index (χ0v) is 11.1. The second-order valence-corrected chi connectivity index (χ2v) is 2.93. The van der Waals surface area contributed by atoms with Gasteiger partial charge in [-0.05, 0) is 6.42 Å². The van der Waals surface area contributed by atoms with Gasteiger partial charge in [-0.15, -0.1) is 0 Å². The van der Waals surface area contributed by atoms with E-state index in [0.717, 1.165) is 32.7 Å². The fraction of sp³-hybridized carbons (Fsp3) is 1.00. The lowest BCUT2D eigenvalue weighted by atomic mass is 10.2. The predicted octanol–water partition coefficient (Wildman–Crippen LogP) is 2.14. The molecule has 0 radical (unpaired) electrons.